The van der Waals surface area contributed by atoms with Crippen molar-refractivity contribution in [2.24, 2.45) is 0 Å². The van der Waals surface area contributed by atoms with Crippen LogP contribution in [0.15, 0.2) is 36.8 Å². The van der Waals surface area contributed by atoms with Crippen molar-refractivity contribution in [3.8, 4) is 5.75 Å². The number of aliphatic hydroxyl groups is 1. The second-order valence-corrected chi connectivity index (χ2v) is 10.1. The standard InChI is InChI=1S/C27H33F2N7O3/c1-34(2)8-9-39-16-19-10-18(17-4-5-17)12-35-13-20(31-26(19)35)14-36-15-23(32-33-36)27(37)30-11-21-22(28)6-7-24(38-3)25(21)29/h6-7,10,12-13,15,17,27,30,37H,4-5,8-9,11,14,16H2,1-3H3. The van der Waals surface area contributed by atoms with Crippen molar-refractivity contribution in [2.75, 3.05) is 34.4 Å². The number of nitrogens with one attached hydrogen (secondary N) is 1. The van der Waals surface area contributed by atoms with Gasteiger partial charge in [0.25, 0.3) is 0 Å². The second kappa shape index (κ2) is 11.7. The van der Waals surface area contributed by atoms with E-state index in [2.05, 4.69) is 32.8 Å². The molecule has 12 heteroatoms. The number of aromatic nitrogens is 5. The minimum Gasteiger partial charge on any atom is -0.494 e. The summed E-state index contributed by atoms with van der Waals surface area (Å²) in [5.74, 6) is -1.05. The summed E-state index contributed by atoms with van der Waals surface area (Å²) in [7, 11) is 5.33. The minimum absolute atomic E-state index is 0.0753. The molecule has 1 aliphatic rings. The van der Waals surface area contributed by atoms with E-state index < -0.39 is 17.9 Å². The van der Waals surface area contributed by atoms with Gasteiger partial charge in [-0.1, -0.05) is 5.21 Å². The topological polar surface area (TPSA) is 102 Å². The first-order valence-electron chi connectivity index (χ1n) is 12.9. The molecule has 1 aliphatic carbocycles. The van der Waals surface area contributed by atoms with E-state index in [0.717, 1.165) is 29.5 Å². The molecule has 4 aromatic rings. The molecule has 1 saturated carbocycles. The van der Waals surface area contributed by atoms with Gasteiger partial charge in [-0.05, 0) is 56.6 Å². The molecule has 0 bridgehead atoms. The van der Waals surface area contributed by atoms with Crippen molar-refractivity contribution >= 4 is 5.65 Å². The Balaban J connectivity index is 1.26. The molecule has 1 unspecified atom stereocenters. The molecule has 39 heavy (non-hydrogen) atoms. The van der Waals surface area contributed by atoms with Crippen molar-refractivity contribution < 1.29 is 23.4 Å². The van der Waals surface area contributed by atoms with Crippen LogP contribution in [0.25, 0.3) is 5.65 Å². The molecule has 1 atom stereocenters. The normalized spacial score (nSPS) is 14.4. The van der Waals surface area contributed by atoms with Crippen LogP contribution in [0.2, 0.25) is 0 Å². The number of nitrogens with zero attached hydrogens (tertiary/aromatic N) is 6. The number of methoxy groups -OCH3 is 1. The number of benzene rings is 1. The molecule has 0 amide bonds. The maximum atomic E-state index is 14.4. The first-order valence-corrected chi connectivity index (χ1v) is 12.9. The van der Waals surface area contributed by atoms with Crippen LogP contribution in [-0.4, -0.2) is 68.7 Å². The van der Waals surface area contributed by atoms with E-state index in [4.69, 9.17) is 14.5 Å². The molecule has 208 valence electrons. The lowest BCUT2D eigenvalue weighted by molar-refractivity contribution is 0.106. The molecule has 5 rings (SSSR count). The molecule has 0 saturated heterocycles. The van der Waals surface area contributed by atoms with Crippen LogP contribution in [0.5, 0.6) is 5.75 Å². The summed E-state index contributed by atoms with van der Waals surface area (Å²) in [6, 6.07) is 4.53. The Kier molecular flexibility index (Phi) is 8.17. The van der Waals surface area contributed by atoms with Gasteiger partial charge < -0.3 is 23.9 Å². The molecule has 0 radical (unpaired) electrons. The number of rotatable bonds is 13. The monoisotopic (exact) mass is 541 g/mol. The summed E-state index contributed by atoms with van der Waals surface area (Å²) >= 11 is 0. The quantitative estimate of drug-likeness (QED) is 0.197. The summed E-state index contributed by atoms with van der Waals surface area (Å²) in [6.45, 7) is 2.03. The van der Waals surface area contributed by atoms with E-state index in [1.807, 2.05) is 24.7 Å². The fraction of sp³-hybridized carbons (Fsp3) is 0.444. The molecular weight excluding hydrogens is 508 g/mol. The van der Waals surface area contributed by atoms with Gasteiger partial charge >= 0.3 is 0 Å². The highest BCUT2D eigenvalue weighted by molar-refractivity contribution is 5.51. The zero-order chi connectivity index (χ0) is 27.5. The Bertz CT molecular complexity index is 1430. The van der Waals surface area contributed by atoms with Crippen LogP contribution >= 0.6 is 0 Å². The summed E-state index contributed by atoms with van der Waals surface area (Å²) in [5.41, 5.74) is 3.92. The van der Waals surface area contributed by atoms with Crippen LogP contribution < -0.4 is 10.1 Å². The van der Waals surface area contributed by atoms with Crippen molar-refractivity contribution in [3.63, 3.8) is 0 Å². The molecule has 3 aromatic heterocycles. The Morgan fingerprint density at radius 2 is 2.03 bits per heavy atom. The smallest absolute Gasteiger partial charge is 0.172 e. The average molecular weight is 542 g/mol. The van der Waals surface area contributed by atoms with E-state index >= 15 is 0 Å². The predicted molar refractivity (Wildman–Crippen MR) is 139 cm³/mol. The van der Waals surface area contributed by atoms with E-state index in [0.29, 0.717) is 25.7 Å². The number of likely N-dealkylation sites (N-methyl/N-ethyl adjacent to an activating group) is 1. The van der Waals surface area contributed by atoms with Crippen LogP contribution in [0, 0.1) is 11.6 Å². The maximum Gasteiger partial charge on any atom is 0.172 e. The summed E-state index contributed by atoms with van der Waals surface area (Å²) in [6.07, 6.45) is 6.78. The van der Waals surface area contributed by atoms with Gasteiger partial charge in [-0.2, -0.15) is 0 Å². The molecule has 0 spiro atoms. The lowest BCUT2D eigenvalue weighted by Crippen LogP contribution is -2.22. The van der Waals surface area contributed by atoms with Gasteiger partial charge in [0.05, 0.1) is 38.8 Å². The zero-order valence-electron chi connectivity index (χ0n) is 22.3. The highest BCUT2D eigenvalue weighted by Crippen LogP contribution is 2.40. The highest BCUT2D eigenvalue weighted by atomic mass is 19.1. The summed E-state index contributed by atoms with van der Waals surface area (Å²) < 4.78 is 42.9. The second-order valence-electron chi connectivity index (χ2n) is 10.1. The minimum atomic E-state index is -1.28. The Morgan fingerprint density at radius 3 is 2.77 bits per heavy atom. The van der Waals surface area contributed by atoms with Crippen molar-refractivity contribution in [1.29, 1.82) is 0 Å². The van der Waals surface area contributed by atoms with Gasteiger partial charge in [-0.25, -0.2) is 18.4 Å². The van der Waals surface area contributed by atoms with Gasteiger partial charge in [0.1, 0.15) is 17.2 Å². The first-order chi connectivity index (χ1) is 18.8. The average Bonchev–Trinajstić information content (AvgIpc) is 3.52. The lowest BCUT2D eigenvalue weighted by atomic mass is 10.1. The number of pyridine rings is 1. The first kappa shape index (κ1) is 27.1. The SMILES string of the molecule is COc1ccc(F)c(CNC(O)c2cn(Cc3cn4cc(C5CC5)cc(COCCN(C)C)c4n3)nn2)c1F. The third-order valence-corrected chi connectivity index (χ3v) is 6.69. The number of fused-ring (bicyclic) bond motifs is 1. The Morgan fingerprint density at radius 1 is 1.21 bits per heavy atom. The van der Waals surface area contributed by atoms with E-state index in [1.165, 1.54) is 31.6 Å². The van der Waals surface area contributed by atoms with Gasteiger partial charge in [0, 0.05) is 36.6 Å². The zero-order valence-corrected chi connectivity index (χ0v) is 22.3. The molecular formula is C27H33F2N7O3. The molecule has 1 aromatic carbocycles. The fourth-order valence-electron chi connectivity index (χ4n) is 4.38. The third-order valence-electron chi connectivity index (χ3n) is 6.69. The number of aliphatic hydroxyl groups excluding tert-OH is 1. The summed E-state index contributed by atoms with van der Waals surface area (Å²) in [4.78, 5) is 6.90. The van der Waals surface area contributed by atoms with E-state index in [-0.39, 0.29) is 23.6 Å². The third kappa shape index (κ3) is 6.41. The molecule has 3 heterocycles. The van der Waals surface area contributed by atoms with Crippen LogP contribution in [-0.2, 0) is 24.4 Å². The van der Waals surface area contributed by atoms with Crippen molar-refractivity contribution in [1.82, 2.24) is 34.6 Å². The number of hydrogen-bond donors (Lipinski definition) is 2. The van der Waals surface area contributed by atoms with E-state index in [9.17, 15) is 13.9 Å². The summed E-state index contributed by atoms with van der Waals surface area (Å²) in [5, 5.41) is 21.3. The molecule has 0 aliphatic heterocycles. The van der Waals surface area contributed by atoms with Crippen LogP contribution in [0.1, 0.15) is 53.1 Å². The molecule has 2 N–H and O–H groups in total. The number of halogens is 2. The van der Waals surface area contributed by atoms with Crippen molar-refractivity contribution in [3.05, 3.63) is 76.5 Å². The Labute approximate surface area is 225 Å². The van der Waals surface area contributed by atoms with Gasteiger partial charge in [0.15, 0.2) is 17.8 Å². The van der Waals surface area contributed by atoms with Crippen LogP contribution in [0.3, 0.4) is 0 Å². The van der Waals surface area contributed by atoms with Gasteiger partial charge in [0.2, 0.25) is 0 Å². The van der Waals surface area contributed by atoms with E-state index in [1.54, 1.807) is 10.9 Å². The Hall–Kier alpha value is -3.45. The predicted octanol–water partition coefficient (Wildman–Crippen LogP) is 3.00. The lowest BCUT2D eigenvalue weighted by Gasteiger charge is -2.12. The fourth-order valence-corrected chi connectivity index (χ4v) is 4.38. The van der Waals surface area contributed by atoms with Gasteiger partial charge in [-0.15, -0.1) is 5.10 Å². The largest absolute Gasteiger partial charge is 0.494 e. The number of ether oxygens (including phenoxy) is 2. The maximum absolute atomic E-state index is 14.4. The number of imidazole rings is 1. The van der Waals surface area contributed by atoms with Crippen molar-refractivity contribution in [2.45, 2.75) is 44.7 Å². The van der Waals surface area contributed by atoms with Crippen LogP contribution in [0.4, 0.5) is 8.78 Å². The highest BCUT2D eigenvalue weighted by Gasteiger charge is 2.25. The molecule has 10 nitrogen and oxygen atoms in total. The number of hydrogen-bond acceptors (Lipinski definition) is 8. The van der Waals surface area contributed by atoms with Gasteiger partial charge in [-0.3, -0.25) is 5.32 Å². The molecule has 1 fully saturated rings.